The Morgan fingerprint density at radius 3 is 2.40 bits per heavy atom. The third kappa shape index (κ3) is 2.94. The van der Waals surface area contributed by atoms with E-state index >= 15 is 0 Å². The van der Waals surface area contributed by atoms with Gasteiger partial charge in [-0.2, -0.15) is 13.2 Å². The van der Waals surface area contributed by atoms with Gasteiger partial charge in [-0.3, -0.25) is 4.79 Å². The van der Waals surface area contributed by atoms with Gasteiger partial charge in [-0.15, -0.1) is 11.6 Å². The maximum Gasteiger partial charge on any atom is 0.471 e. The number of halogens is 4. The van der Waals surface area contributed by atoms with Crippen LogP contribution in [0.3, 0.4) is 0 Å². The van der Waals surface area contributed by atoms with Crippen molar-refractivity contribution in [3.05, 3.63) is 29.3 Å². The van der Waals surface area contributed by atoms with Crippen LogP contribution in [0.25, 0.3) is 0 Å². The molecule has 2 atom stereocenters. The molecule has 4 saturated carbocycles. The molecular formula is C19H21ClF3NO. The molecule has 4 bridgehead atoms. The minimum Gasteiger partial charge on any atom is -0.318 e. The molecule has 4 aliphatic rings. The average Bonchev–Trinajstić information content (AvgIpc) is 2.45. The SMILES string of the molecule is Cc1ccc(C23C[C@@H]4C[C@H](CC(Cl)(C4)C2)C3)cc1NC(=O)C(F)(F)F. The van der Waals surface area contributed by atoms with Gasteiger partial charge in [-0.25, -0.2) is 0 Å². The number of anilines is 1. The molecule has 5 rings (SSSR count). The summed E-state index contributed by atoms with van der Waals surface area (Å²) >= 11 is 6.87. The van der Waals surface area contributed by atoms with E-state index in [0.29, 0.717) is 17.4 Å². The third-order valence-electron chi connectivity index (χ3n) is 6.35. The van der Waals surface area contributed by atoms with Gasteiger partial charge >= 0.3 is 12.1 Å². The normalized spacial score (nSPS) is 36.5. The zero-order valence-corrected chi connectivity index (χ0v) is 14.8. The Kier molecular flexibility index (Phi) is 3.70. The van der Waals surface area contributed by atoms with Crippen molar-refractivity contribution in [2.24, 2.45) is 11.8 Å². The molecule has 2 nitrogen and oxygen atoms in total. The number of benzene rings is 1. The molecule has 1 N–H and O–H groups in total. The summed E-state index contributed by atoms with van der Waals surface area (Å²) in [5.41, 5.74) is 1.85. The lowest BCUT2D eigenvalue weighted by molar-refractivity contribution is -0.167. The number of hydrogen-bond donors (Lipinski definition) is 1. The van der Waals surface area contributed by atoms with Crippen LogP contribution in [0.1, 0.15) is 49.7 Å². The van der Waals surface area contributed by atoms with Crippen LogP contribution in [0.5, 0.6) is 0 Å². The Balaban J connectivity index is 1.67. The summed E-state index contributed by atoms with van der Waals surface area (Å²) < 4.78 is 37.8. The largest absolute Gasteiger partial charge is 0.471 e. The maximum absolute atomic E-state index is 12.6. The molecule has 0 aliphatic heterocycles. The monoisotopic (exact) mass is 371 g/mol. The zero-order valence-electron chi connectivity index (χ0n) is 14.0. The van der Waals surface area contributed by atoms with Gasteiger partial charge in [0.1, 0.15) is 0 Å². The average molecular weight is 372 g/mol. The van der Waals surface area contributed by atoms with Crippen LogP contribution in [0.4, 0.5) is 18.9 Å². The first-order valence-corrected chi connectivity index (χ1v) is 9.15. The topological polar surface area (TPSA) is 29.1 Å². The van der Waals surface area contributed by atoms with Crippen molar-refractivity contribution in [2.75, 3.05) is 5.32 Å². The van der Waals surface area contributed by atoms with Gasteiger partial charge in [-0.1, -0.05) is 12.1 Å². The molecule has 0 heterocycles. The van der Waals surface area contributed by atoms with E-state index in [2.05, 4.69) is 0 Å². The predicted octanol–water partition coefficient (Wildman–Crippen LogP) is 5.33. The van der Waals surface area contributed by atoms with Gasteiger partial charge in [0.05, 0.1) is 0 Å². The highest BCUT2D eigenvalue weighted by Gasteiger charge is 2.57. The Bertz CT molecular complexity index is 716. The summed E-state index contributed by atoms with van der Waals surface area (Å²) in [7, 11) is 0. The molecule has 1 aromatic carbocycles. The quantitative estimate of drug-likeness (QED) is 0.700. The molecular weight excluding hydrogens is 351 g/mol. The third-order valence-corrected chi connectivity index (χ3v) is 6.79. The van der Waals surface area contributed by atoms with Crippen molar-refractivity contribution < 1.29 is 18.0 Å². The number of nitrogens with one attached hydrogen (secondary N) is 1. The molecule has 4 fully saturated rings. The Hall–Kier alpha value is -1.23. The van der Waals surface area contributed by atoms with Crippen LogP contribution in [-0.2, 0) is 10.2 Å². The second kappa shape index (κ2) is 5.38. The summed E-state index contributed by atoms with van der Waals surface area (Å²) in [5.74, 6) is -0.714. The molecule has 25 heavy (non-hydrogen) atoms. The van der Waals surface area contributed by atoms with Gasteiger partial charge in [0, 0.05) is 10.6 Å². The minimum absolute atomic E-state index is 0.0583. The van der Waals surface area contributed by atoms with Gasteiger partial charge in [0.2, 0.25) is 0 Å². The van der Waals surface area contributed by atoms with Crippen LogP contribution < -0.4 is 5.32 Å². The highest BCUT2D eigenvalue weighted by Crippen LogP contribution is 2.64. The molecule has 4 aliphatic carbocycles. The summed E-state index contributed by atoms with van der Waals surface area (Å²) in [4.78, 5) is 11.2. The van der Waals surface area contributed by atoms with Crippen LogP contribution in [0, 0.1) is 18.8 Å². The molecule has 0 radical (unpaired) electrons. The smallest absolute Gasteiger partial charge is 0.318 e. The predicted molar refractivity (Wildman–Crippen MR) is 90.8 cm³/mol. The minimum atomic E-state index is -4.89. The van der Waals surface area contributed by atoms with Gasteiger partial charge in [0.25, 0.3) is 0 Å². The first kappa shape index (κ1) is 17.2. The number of carbonyl (C=O) groups excluding carboxylic acids is 1. The van der Waals surface area contributed by atoms with Gasteiger partial charge in [0.15, 0.2) is 0 Å². The summed E-state index contributed by atoms with van der Waals surface area (Å²) in [5, 5.41) is 2.04. The van der Waals surface area contributed by atoms with Crippen molar-refractivity contribution in [1.29, 1.82) is 0 Å². The lowest BCUT2D eigenvalue weighted by Gasteiger charge is -2.60. The van der Waals surface area contributed by atoms with Crippen molar-refractivity contribution in [3.8, 4) is 0 Å². The number of amides is 1. The molecule has 0 unspecified atom stereocenters. The first-order chi connectivity index (χ1) is 11.6. The Labute approximate surface area is 150 Å². The molecule has 6 heteroatoms. The molecule has 136 valence electrons. The Morgan fingerprint density at radius 1 is 1.20 bits per heavy atom. The summed E-state index contributed by atoms with van der Waals surface area (Å²) in [6, 6.07) is 5.55. The first-order valence-electron chi connectivity index (χ1n) is 8.77. The van der Waals surface area contributed by atoms with Crippen LogP contribution >= 0.6 is 11.6 Å². The number of aryl methyl sites for hydroxylation is 1. The number of alkyl halides is 4. The standard InChI is InChI=1S/C19H21ClF3NO/c1-11-2-3-14(5-15(11)24-16(25)19(21,22)23)17-6-12-4-13(7-17)9-18(20,8-12)10-17/h2-3,5,12-13H,4,6-10H2,1H3,(H,24,25)/t12-,13-,17?,18?/m0/s1. The maximum atomic E-state index is 12.6. The fourth-order valence-electron chi connectivity index (χ4n) is 5.77. The fraction of sp³-hybridized carbons (Fsp3) is 0.632. The van der Waals surface area contributed by atoms with E-state index in [9.17, 15) is 18.0 Å². The molecule has 0 aromatic heterocycles. The molecule has 1 aromatic rings. The van der Waals surface area contributed by atoms with E-state index in [1.807, 2.05) is 11.4 Å². The van der Waals surface area contributed by atoms with E-state index in [1.54, 1.807) is 19.1 Å². The Morgan fingerprint density at radius 2 is 1.84 bits per heavy atom. The van der Waals surface area contributed by atoms with E-state index < -0.39 is 12.1 Å². The summed E-state index contributed by atoms with van der Waals surface area (Å²) in [6.45, 7) is 1.71. The summed E-state index contributed by atoms with van der Waals surface area (Å²) in [6.07, 6.45) is 1.42. The van der Waals surface area contributed by atoms with Crippen LogP contribution in [-0.4, -0.2) is 17.0 Å². The van der Waals surface area contributed by atoms with E-state index in [-0.39, 0.29) is 16.0 Å². The number of rotatable bonds is 2. The van der Waals surface area contributed by atoms with Gasteiger partial charge in [-0.05, 0) is 79.9 Å². The lowest BCUT2D eigenvalue weighted by Crippen LogP contribution is -2.55. The molecule has 0 spiro atoms. The number of hydrogen-bond acceptors (Lipinski definition) is 1. The van der Waals surface area contributed by atoms with Crippen molar-refractivity contribution in [3.63, 3.8) is 0 Å². The highest BCUT2D eigenvalue weighted by atomic mass is 35.5. The second-order valence-corrected chi connectivity index (χ2v) is 9.18. The zero-order chi connectivity index (χ0) is 18.0. The number of carbonyl (C=O) groups is 1. The lowest BCUT2D eigenvalue weighted by atomic mass is 9.47. The van der Waals surface area contributed by atoms with E-state index in [0.717, 1.165) is 37.7 Å². The van der Waals surface area contributed by atoms with Crippen molar-refractivity contribution >= 4 is 23.2 Å². The van der Waals surface area contributed by atoms with Crippen LogP contribution in [0.15, 0.2) is 18.2 Å². The van der Waals surface area contributed by atoms with Gasteiger partial charge < -0.3 is 5.32 Å². The van der Waals surface area contributed by atoms with E-state index in [4.69, 9.17) is 11.6 Å². The highest BCUT2D eigenvalue weighted by molar-refractivity contribution is 6.24. The van der Waals surface area contributed by atoms with Crippen molar-refractivity contribution in [1.82, 2.24) is 0 Å². The van der Waals surface area contributed by atoms with Crippen LogP contribution in [0.2, 0.25) is 0 Å². The molecule has 0 saturated heterocycles. The fourth-order valence-corrected chi connectivity index (χ4v) is 6.46. The molecule has 1 amide bonds. The van der Waals surface area contributed by atoms with E-state index in [1.165, 1.54) is 6.42 Å². The van der Waals surface area contributed by atoms with Crippen molar-refractivity contribution in [2.45, 2.75) is 61.9 Å². The second-order valence-electron chi connectivity index (χ2n) is 8.37.